The van der Waals surface area contributed by atoms with Crippen LogP contribution in [0.5, 0.6) is 0 Å². The van der Waals surface area contributed by atoms with E-state index in [4.69, 9.17) is 9.47 Å². The van der Waals surface area contributed by atoms with Gasteiger partial charge in [0.25, 0.3) is 0 Å². The van der Waals surface area contributed by atoms with Gasteiger partial charge >= 0.3 is 6.09 Å². The number of carbonyl (C=O) groups excluding carboxylic acids is 2. The molecule has 2 amide bonds. The van der Waals surface area contributed by atoms with E-state index < -0.39 is 29.9 Å². The third-order valence-electron chi connectivity index (χ3n) is 4.07. The Morgan fingerprint density at radius 1 is 1.31 bits per heavy atom. The number of nitriles is 1. The number of nitrogens with one attached hydrogen (secondary N) is 2. The molecule has 7 heteroatoms. The summed E-state index contributed by atoms with van der Waals surface area (Å²) >= 11 is 0. The Kier molecular flexibility index (Phi) is 8.09. The maximum absolute atomic E-state index is 12.2. The van der Waals surface area contributed by atoms with Gasteiger partial charge < -0.3 is 20.1 Å². The molecular weight excluding hydrogens is 334 g/mol. The average Bonchev–Trinajstić information content (AvgIpc) is 2.52. The fraction of sp³-hybridized carbons (Fsp3) is 0.737. The highest BCUT2D eigenvalue weighted by Crippen LogP contribution is 2.24. The summed E-state index contributed by atoms with van der Waals surface area (Å²) in [7, 11) is 0. The molecule has 146 valence electrons. The van der Waals surface area contributed by atoms with E-state index in [1.54, 1.807) is 26.8 Å². The molecular formula is C19H31N3O4. The Hall–Kier alpha value is -2.07. The van der Waals surface area contributed by atoms with Crippen molar-refractivity contribution in [2.24, 2.45) is 0 Å². The number of alkyl carbamates (subject to hydrolysis) is 1. The molecule has 0 saturated carbocycles. The van der Waals surface area contributed by atoms with Crippen LogP contribution >= 0.6 is 0 Å². The SMILES string of the molecule is CCC(CC)OC1C=C(C#N)CC(NC(=O)OC(C)(C)C)C1NC(C)=O. The molecule has 0 aliphatic heterocycles. The molecule has 7 nitrogen and oxygen atoms in total. The third-order valence-corrected chi connectivity index (χ3v) is 4.07. The molecule has 0 saturated heterocycles. The van der Waals surface area contributed by atoms with Crippen molar-refractivity contribution < 1.29 is 19.1 Å². The normalized spacial score (nSPS) is 23.0. The minimum absolute atomic E-state index is 0.00716. The van der Waals surface area contributed by atoms with Gasteiger partial charge in [-0.15, -0.1) is 0 Å². The summed E-state index contributed by atoms with van der Waals surface area (Å²) in [6.45, 7) is 10.8. The highest BCUT2D eigenvalue weighted by molar-refractivity contribution is 5.74. The first-order valence-corrected chi connectivity index (χ1v) is 9.12. The molecule has 0 fully saturated rings. The van der Waals surface area contributed by atoms with Crippen molar-refractivity contribution in [3.63, 3.8) is 0 Å². The lowest BCUT2D eigenvalue weighted by atomic mass is 9.88. The number of rotatable bonds is 6. The van der Waals surface area contributed by atoms with Gasteiger partial charge in [-0.2, -0.15) is 5.26 Å². The molecule has 1 aliphatic carbocycles. The van der Waals surface area contributed by atoms with Crippen molar-refractivity contribution >= 4 is 12.0 Å². The Morgan fingerprint density at radius 2 is 1.92 bits per heavy atom. The van der Waals surface area contributed by atoms with Crippen LogP contribution in [0.15, 0.2) is 11.6 Å². The van der Waals surface area contributed by atoms with Crippen molar-refractivity contribution in [1.29, 1.82) is 5.26 Å². The first-order valence-electron chi connectivity index (χ1n) is 9.12. The lowest BCUT2D eigenvalue weighted by molar-refractivity contribution is -0.121. The van der Waals surface area contributed by atoms with Crippen LogP contribution in [0.25, 0.3) is 0 Å². The number of carbonyl (C=O) groups is 2. The Bertz CT molecular complexity index is 570. The molecule has 0 spiro atoms. The van der Waals surface area contributed by atoms with Crippen LogP contribution in [0.1, 0.15) is 60.8 Å². The van der Waals surface area contributed by atoms with Crippen LogP contribution in [0.3, 0.4) is 0 Å². The second-order valence-electron chi connectivity index (χ2n) is 7.53. The fourth-order valence-electron chi connectivity index (χ4n) is 2.89. The molecule has 0 heterocycles. The van der Waals surface area contributed by atoms with Gasteiger partial charge in [-0.3, -0.25) is 4.79 Å². The molecule has 26 heavy (non-hydrogen) atoms. The van der Waals surface area contributed by atoms with Crippen LogP contribution in [0.4, 0.5) is 4.79 Å². The topological polar surface area (TPSA) is 100 Å². The van der Waals surface area contributed by atoms with E-state index in [0.29, 0.717) is 12.0 Å². The molecule has 3 unspecified atom stereocenters. The summed E-state index contributed by atoms with van der Waals surface area (Å²) in [6.07, 6.45) is 2.62. The standard InChI is InChI=1S/C19H31N3O4/c1-7-14(8-2)25-16-10-13(11-20)9-15(17(16)21-12(3)23)22-18(24)26-19(4,5)6/h10,14-17H,7-9H2,1-6H3,(H,21,23)(H,22,24). The summed E-state index contributed by atoms with van der Waals surface area (Å²) in [5.74, 6) is -0.224. The average molecular weight is 365 g/mol. The van der Waals surface area contributed by atoms with Gasteiger partial charge in [0, 0.05) is 18.9 Å². The van der Waals surface area contributed by atoms with E-state index in [9.17, 15) is 14.9 Å². The minimum Gasteiger partial charge on any atom is -0.444 e. The number of hydrogen-bond acceptors (Lipinski definition) is 5. The van der Waals surface area contributed by atoms with Gasteiger partial charge in [-0.1, -0.05) is 13.8 Å². The summed E-state index contributed by atoms with van der Waals surface area (Å²) in [5, 5.41) is 15.0. The zero-order valence-corrected chi connectivity index (χ0v) is 16.6. The largest absolute Gasteiger partial charge is 0.444 e. The van der Waals surface area contributed by atoms with Crippen molar-refractivity contribution in [1.82, 2.24) is 10.6 Å². The Balaban J connectivity index is 3.05. The van der Waals surface area contributed by atoms with Crippen molar-refractivity contribution in [3.8, 4) is 6.07 Å². The monoisotopic (exact) mass is 365 g/mol. The second kappa shape index (κ2) is 9.58. The summed E-state index contributed by atoms with van der Waals surface area (Å²) in [5.41, 5.74) is -0.120. The van der Waals surface area contributed by atoms with E-state index in [-0.39, 0.29) is 12.0 Å². The number of nitrogens with zero attached hydrogens (tertiary/aromatic N) is 1. The van der Waals surface area contributed by atoms with E-state index in [1.807, 2.05) is 13.8 Å². The highest BCUT2D eigenvalue weighted by Gasteiger charge is 2.37. The van der Waals surface area contributed by atoms with Crippen LogP contribution < -0.4 is 10.6 Å². The zero-order valence-electron chi connectivity index (χ0n) is 16.6. The zero-order chi connectivity index (χ0) is 19.9. The number of hydrogen-bond donors (Lipinski definition) is 2. The number of amides is 2. The summed E-state index contributed by atoms with van der Waals surface area (Å²) in [6, 6.07) is 1.18. The highest BCUT2D eigenvalue weighted by atomic mass is 16.6. The Labute approximate surface area is 156 Å². The van der Waals surface area contributed by atoms with Crippen LogP contribution in [0.2, 0.25) is 0 Å². The van der Waals surface area contributed by atoms with Crippen molar-refractivity contribution in [2.45, 2.75) is 90.7 Å². The summed E-state index contributed by atoms with van der Waals surface area (Å²) in [4.78, 5) is 23.9. The molecule has 2 N–H and O–H groups in total. The molecule has 3 atom stereocenters. The van der Waals surface area contributed by atoms with E-state index in [0.717, 1.165) is 12.8 Å². The van der Waals surface area contributed by atoms with E-state index >= 15 is 0 Å². The van der Waals surface area contributed by atoms with Gasteiger partial charge in [-0.25, -0.2) is 4.79 Å². The molecule has 0 radical (unpaired) electrons. The van der Waals surface area contributed by atoms with Crippen LogP contribution in [-0.4, -0.2) is 41.9 Å². The number of ether oxygens (including phenoxy) is 2. The molecule has 0 bridgehead atoms. The van der Waals surface area contributed by atoms with E-state index in [2.05, 4.69) is 16.7 Å². The molecule has 1 aliphatic rings. The lowest BCUT2D eigenvalue weighted by Gasteiger charge is -2.38. The van der Waals surface area contributed by atoms with Crippen LogP contribution in [-0.2, 0) is 14.3 Å². The van der Waals surface area contributed by atoms with E-state index in [1.165, 1.54) is 6.92 Å². The fourth-order valence-corrected chi connectivity index (χ4v) is 2.89. The smallest absolute Gasteiger partial charge is 0.407 e. The molecule has 0 aromatic rings. The first kappa shape index (κ1) is 22.0. The minimum atomic E-state index is -0.637. The van der Waals surface area contributed by atoms with Crippen molar-refractivity contribution in [2.75, 3.05) is 0 Å². The Morgan fingerprint density at radius 3 is 2.38 bits per heavy atom. The predicted octanol–water partition coefficient (Wildman–Crippen LogP) is 2.81. The van der Waals surface area contributed by atoms with Gasteiger partial charge in [-0.05, 0) is 39.7 Å². The molecule has 1 rings (SSSR count). The second-order valence-corrected chi connectivity index (χ2v) is 7.53. The lowest BCUT2D eigenvalue weighted by Crippen LogP contribution is -2.59. The van der Waals surface area contributed by atoms with Gasteiger partial charge in [0.05, 0.1) is 30.4 Å². The van der Waals surface area contributed by atoms with Crippen molar-refractivity contribution in [3.05, 3.63) is 11.6 Å². The predicted molar refractivity (Wildman–Crippen MR) is 98.3 cm³/mol. The van der Waals surface area contributed by atoms with Gasteiger partial charge in [0.2, 0.25) is 5.91 Å². The van der Waals surface area contributed by atoms with Gasteiger partial charge in [0.15, 0.2) is 0 Å². The van der Waals surface area contributed by atoms with Gasteiger partial charge in [0.1, 0.15) is 5.60 Å². The third kappa shape index (κ3) is 7.04. The summed E-state index contributed by atoms with van der Waals surface area (Å²) < 4.78 is 11.4. The van der Waals surface area contributed by atoms with Crippen LogP contribution in [0, 0.1) is 11.3 Å². The molecule has 0 aromatic heterocycles. The quantitative estimate of drug-likeness (QED) is 0.754. The first-order chi connectivity index (χ1) is 12.1. The maximum atomic E-state index is 12.2. The molecule has 0 aromatic carbocycles. The maximum Gasteiger partial charge on any atom is 0.407 e.